The summed E-state index contributed by atoms with van der Waals surface area (Å²) in [5.41, 5.74) is 2.38. The first-order valence-electron chi connectivity index (χ1n) is 10.3. The van der Waals surface area contributed by atoms with Crippen LogP contribution in [0.5, 0.6) is 0 Å². The molecule has 1 N–H and O–H groups in total. The topological polar surface area (TPSA) is 44.8 Å². The fraction of sp³-hybridized carbons (Fsp3) is 0.455. The molecule has 1 aromatic heterocycles. The Morgan fingerprint density at radius 2 is 2.00 bits per heavy atom. The molecule has 5 nitrogen and oxygen atoms in total. The molecule has 4 rings (SSSR count). The standard InChI is InChI=1S/C22H26FN3O2S2/c1-14-7-8-15-18(13-14)30-20(19(15)21(27)28-2)24-22(29)26-11-9-25(10-12-26)17-6-4-3-5-16(17)23/h3-6,14H,7-13H2,1-2H3,(H,24,29). The van der Waals surface area contributed by atoms with Crippen molar-refractivity contribution in [2.45, 2.75) is 26.2 Å². The van der Waals surface area contributed by atoms with Gasteiger partial charge in [-0.05, 0) is 55.1 Å². The monoisotopic (exact) mass is 447 g/mol. The molecule has 1 aromatic carbocycles. The Hall–Kier alpha value is -2.19. The van der Waals surface area contributed by atoms with Crippen molar-refractivity contribution in [2.24, 2.45) is 5.92 Å². The summed E-state index contributed by atoms with van der Waals surface area (Å²) in [6.45, 7) is 5.00. The van der Waals surface area contributed by atoms with Gasteiger partial charge in [-0.3, -0.25) is 0 Å². The average molecular weight is 448 g/mol. The Morgan fingerprint density at radius 1 is 1.27 bits per heavy atom. The highest BCUT2D eigenvalue weighted by Crippen LogP contribution is 2.40. The van der Waals surface area contributed by atoms with Gasteiger partial charge in [-0.1, -0.05) is 19.1 Å². The van der Waals surface area contributed by atoms with E-state index < -0.39 is 0 Å². The largest absolute Gasteiger partial charge is 0.465 e. The number of para-hydroxylation sites is 1. The third-order valence-corrected chi connectivity index (χ3v) is 7.41. The Balaban J connectivity index is 1.46. The van der Waals surface area contributed by atoms with Crippen molar-refractivity contribution in [3.63, 3.8) is 0 Å². The summed E-state index contributed by atoms with van der Waals surface area (Å²) in [6.07, 6.45) is 2.96. The minimum Gasteiger partial charge on any atom is -0.465 e. The van der Waals surface area contributed by atoms with Crippen molar-refractivity contribution in [3.8, 4) is 0 Å². The second kappa shape index (κ2) is 8.89. The Kier molecular flexibility index (Phi) is 6.24. The molecule has 2 aliphatic rings. The van der Waals surface area contributed by atoms with Gasteiger partial charge in [0.25, 0.3) is 0 Å². The SMILES string of the molecule is COC(=O)c1c(NC(=S)N2CCN(c3ccccc3F)CC2)sc2c1CCC(C)C2. The molecule has 1 saturated heterocycles. The molecule has 1 aliphatic heterocycles. The first-order chi connectivity index (χ1) is 14.5. The summed E-state index contributed by atoms with van der Waals surface area (Å²) < 4.78 is 19.1. The number of hydrogen-bond donors (Lipinski definition) is 1. The quantitative estimate of drug-likeness (QED) is 0.559. The maximum absolute atomic E-state index is 14.1. The molecule has 0 saturated carbocycles. The molecular weight excluding hydrogens is 421 g/mol. The Labute approximate surface area is 185 Å². The molecule has 0 spiro atoms. The zero-order valence-electron chi connectivity index (χ0n) is 17.2. The molecule has 30 heavy (non-hydrogen) atoms. The molecule has 0 radical (unpaired) electrons. The van der Waals surface area contributed by atoms with Crippen LogP contribution in [0, 0.1) is 11.7 Å². The Morgan fingerprint density at radius 3 is 2.70 bits per heavy atom. The van der Waals surface area contributed by atoms with Crippen molar-refractivity contribution < 1.29 is 13.9 Å². The van der Waals surface area contributed by atoms with Gasteiger partial charge in [-0.25, -0.2) is 9.18 Å². The summed E-state index contributed by atoms with van der Waals surface area (Å²) in [7, 11) is 1.42. The maximum atomic E-state index is 14.1. The van der Waals surface area contributed by atoms with Gasteiger partial charge in [0.1, 0.15) is 10.8 Å². The van der Waals surface area contributed by atoms with Crippen molar-refractivity contribution in [3.05, 3.63) is 46.1 Å². The summed E-state index contributed by atoms with van der Waals surface area (Å²) >= 11 is 7.28. The van der Waals surface area contributed by atoms with Gasteiger partial charge < -0.3 is 19.9 Å². The fourth-order valence-electron chi connectivity index (χ4n) is 4.19. The molecule has 0 amide bonds. The number of nitrogens with zero attached hydrogens (tertiary/aromatic N) is 2. The lowest BCUT2D eigenvalue weighted by Gasteiger charge is -2.37. The first-order valence-corrected chi connectivity index (χ1v) is 11.5. The predicted octanol–water partition coefficient (Wildman–Crippen LogP) is 4.32. The lowest BCUT2D eigenvalue weighted by atomic mass is 9.88. The van der Waals surface area contributed by atoms with Gasteiger partial charge in [0.15, 0.2) is 5.11 Å². The molecule has 2 heterocycles. The van der Waals surface area contributed by atoms with E-state index in [1.807, 2.05) is 11.0 Å². The van der Waals surface area contributed by atoms with Gasteiger partial charge in [-0.15, -0.1) is 11.3 Å². The summed E-state index contributed by atoms with van der Waals surface area (Å²) in [4.78, 5) is 17.9. The number of ether oxygens (including phenoxy) is 1. The van der Waals surface area contributed by atoms with E-state index in [1.165, 1.54) is 18.1 Å². The minimum absolute atomic E-state index is 0.201. The third kappa shape index (κ3) is 4.16. The van der Waals surface area contributed by atoms with Crippen LogP contribution in [0.15, 0.2) is 24.3 Å². The molecule has 1 fully saturated rings. The van der Waals surface area contributed by atoms with Crippen LogP contribution < -0.4 is 10.2 Å². The normalized spacial score (nSPS) is 18.7. The van der Waals surface area contributed by atoms with Crippen LogP contribution in [0.25, 0.3) is 0 Å². The van der Waals surface area contributed by atoms with Crippen LogP contribution in [0.3, 0.4) is 0 Å². The molecule has 8 heteroatoms. The number of thiophene rings is 1. The minimum atomic E-state index is -0.309. The molecular formula is C22H26FN3O2S2. The van der Waals surface area contributed by atoms with Crippen molar-refractivity contribution >= 4 is 45.3 Å². The first kappa shape index (κ1) is 21.1. The number of rotatable bonds is 3. The van der Waals surface area contributed by atoms with E-state index in [4.69, 9.17) is 17.0 Å². The van der Waals surface area contributed by atoms with E-state index in [-0.39, 0.29) is 11.8 Å². The molecule has 160 valence electrons. The molecule has 0 bridgehead atoms. The smallest absolute Gasteiger partial charge is 0.341 e. The predicted molar refractivity (Wildman–Crippen MR) is 123 cm³/mol. The van der Waals surface area contributed by atoms with E-state index in [0.29, 0.717) is 48.5 Å². The van der Waals surface area contributed by atoms with Crippen LogP contribution in [-0.4, -0.2) is 49.3 Å². The maximum Gasteiger partial charge on any atom is 0.341 e. The zero-order chi connectivity index (χ0) is 21.3. The highest BCUT2D eigenvalue weighted by molar-refractivity contribution is 7.80. The number of thiocarbonyl (C=S) groups is 1. The summed E-state index contributed by atoms with van der Waals surface area (Å²) in [6, 6.07) is 6.85. The van der Waals surface area contributed by atoms with Crippen molar-refractivity contribution in [2.75, 3.05) is 43.5 Å². The Bertz CT molecular complexity index is 954. The van der Waals surface area contributed by atoms with Gasteiger partial charge in [0, 0.05) is 31.1 Å². The van der Waals surface area contributed by atoms with E-state index in [0.717, 1.165) is 29.8 Å². The number of esters is 1. The fourth-order valence-corrected chi connectivity index (χ4v) is 5.94. The number of carbonyl (C=O) groups excluding carboxylic acids is 1. The van der Waals surface area contributed by atoms with E-state index >= 15 is 0 Å². The highest BCUT2D eigenvalue weighted by Gasteiger charge is 2.29. The van der Waals surface area contributed by atoms with Crippen molar-refractivity contribution in [1.29, 1.82) is 0 Å². The van der Waals surface area contributed by atoms with Crippen LogP contribution >= 0.6 is 23.6 Å². The van der Waals surface area contributed by atoms with Crippen LogP contribution in [0.1, 0.15) is 34.1 Å². The highest BCUT2D eigenvalue weighted by atomic mass is 32.1. The van der Waals surface area contributed by atoms with Crippen LogP contribution in [0.2, 0.25) is 0 Å². The molecule has 2 aromatic rings. The number of nitrogens with one attached hydrogen (secondary N) is 1. The molecule has 1 aliphatic carbocycles. The number of fused-ring (bicyclic) bond motifs is 1. The molecule has 1 atom stereocenters. The number of piperazine rings is 1. The number of methoxy groups -OCH3 is 1. The second-order valence-corrected chi connectivity index (χ2v) is 9.39. The number of hydrogen-bond acceptors (Lipinski definition) is 5. The molecule has 1 unspecified atom stereocenters. The third-order valence-electron chi connectivity index (χ3n) is 5.88. The van der Waals surface area contributed by atoms with Gasteiger partial charge in [0.2, 0.25) is 0 Å². The number of carbonyl (C=O) groups is 1. The second-order valence-electron chi connectivity index (χ2n) is 7.90. The van der Waals surface area contributed by atoms with E-state index in [9.17, 15) is 9.18 Å². The average Bonchev–Trinajstić information content (AvgIpc) is 3.10. The van der Waals surface area contributed by atoms with Crippen LogP contribution in [0.4, 0.5) is 15.1 Å². The number of benzene rings is 1. The number of anilines is 2. The lowest BCUT2D eigenvalue weighted by molar-refractivity contribution is 0.0601. The summed E-state index contributed by atoms with van der Waals surface area (Å²) in [5.74, 6) is 0.109. The van der Waals surface area contributed by atoms with Gasteiger partial charge in [-0.2, -0.15) is 0 Å². The van der Waals surface area contributed by atoms with Gasteiger partial charge in [0.05, 0.1) is 18.4 Å². The van der Waals surface area contributed by atoms with E-state index in [1.54, 1.807) is 23.5 Å². The lowest BCUT2D eigenvalue weighted by Crippen LogP contribution is -2.50. The van der Waals surface area contributed by atoms with E-state index in [2.05, 4.69) is 17.1 Å². The number of halogens is 1. The van der Waals surface area contributed by atoms with Gasteiger partial charge >= 0.3 is 5.97 Å². The van der Waals surface area contributed by atoms with Crippen molar-refractivity contribution in [1.82, 2.24) is 4.90 Å². The zero-order valence-corrected chi connectivity index (χ0v) is 18.9. The van der Waals surface area contributed by atoms with Crippen LogP contribution in [-0.2, 0) is 17.6 Å². The summed E-state index contributed by atoms with van der Waals surface area (Å²) in [5, 5.41) is 4.69.